The Bertz CT molecular complexity index is 247. The maximum absolute atomic E-state index is 10.8. The molecule has 1 aliphatic heterocycles. The summed E-state index contributed by atoms with van der Waals surface area (Å²) in [6.07, 6.45) is 0.234. The molecule has 1 saturated heterocycles. The van der Waals surface area contributed by atoms with Gasteiger partial charge in [-0.3, -0.25) is 10.1 Å². The fourth-order valence-electron chi connectivity index (χ4n) is 1.69. The zero-order chi connectivity index (χ0) is 12.2. The lowest BCUT2D eigenvalue weighted by Crippen LogP contribution is -2.51. The second kappa shape index (κ2) is 5.58. The van der Waals surface area contributed by atoms with Crippen molar-refractivity contribution in [2.75, 3.05) is 26.9 Å². The van der Waals surface area contributed by atoms with Gasteiger partial charge in [-0.1, -0.05) is 0 Å². The van der Waals surface area contributed by atoms with Gasteiger partial charge in [0, 0.05) is 26.7 Å². The van der Waals surface area contributed by atoms with Crippen molar-refractivity contribution in [2.24, 2.45) is 0 Å². The van der Waals surface area contributed by atoms with Crippen molar-refractivity contribution in [2.45, 2.75) is 31.1 Å². The summed E-state index contributed by atoms with van der Waals surface area (Å²) in [6, 6.07) is -0.804. The van der Waals surface area contributed by atoms with Crippen LogP contribution in [0.5, 0.6) is 0 Å². The van der Waals surface area contributed by atoms with Crippen molar-refractivity contribution >= 4 is 5.97 Å². The molecule has 6 nitrogen and oxygen atoms in total. The molecule has 1 aliphatic rings. The standard InChI is InChI=1S/C10H19NO5/c1-7-10(14,3-4-16-7)6-11-8(5-15-2)9(12)13/h7-8,11,14H,3-6H2,1-2H3,(H,12,13). The van der Waals surface area contributed by atoms with Crippen LogP contribution < -0.4 is 5.32 Å². The summed E-state index contributed by atoms with van der Waals surface area (Å²) in [5, 5.41) is 21.8. The quantitative estimate of drug-likeness (QED) is 0.557. The molecule has 0 spiro atoms. The minimum Gasteiger partial charge on any atom is -0.480 e. The summed E-state index contributed by atoms with van der Waals surface area (Å²) in [4.78, 5) is 10.8. The van der Waals surface area contributed by atoms with Gasteiger partial charge in [0.25, 0.3) is 0 Å². The van der Waals surface area contributed by atoms with E-state index in [1.165, 1.54) is 7.11 Å². The average molecular weight is 233 g/mol. The molecule has 0 radical (unpaired) electrons. The SMILES string of the molecule is COCC(NCC1(O)CCOC1C)C(=O)O. The van der Waals surface area contributed by atoms with Crippen molar-refractivity contribution in [3.63, 3.8) is 0 Å². The largest absolute Gasteiger partial charge is 0.480 e. The number of methoxy groups -OCH3 is 1. The minimum atomic E-state index is -0.989. The molecule has 3 N–H and O–H groups in total. The lowest BCUT2D eigenvalue weighted by Gasteiger charge is -2.27. The molecule has 94 valence electrons. The van der Waals surface area contributed by atoms with E-state index < -0.39 is 17.6 Å². The number of aliphatic hydroxyl groups is 1. The number of rotatable bonds is 6. The number of carbonyl (C=O) groups is 1. The van der Waals surface area contributed by atoms with E-state index in [4.69, 9.17) is 14.6 Å². The number of carboxylic acids is 1. The monoisotopic (exact) mass is 233 g/mol. The second-order valence-electron chi connectivity index (χ2n) is 4.09. The normalized spacial score (nSPS) is 31.6. The topological polar surface area (TPSA) is 88.0 Å². The Morgan fingerprint density at radius 2 is 2.44 bits per heavy atom. The summed E-state index contributed by atoms with van der Waals surface area (Å²) in [5.74, 6) is -0.989. The molecule has 0 saturated carbocycles. The zero-order valence-corrected chi connectivity index (χ0v) is 9.60. The first-order valence-corrected chi connectivity index (χ1v) is 5.28. The van der Waals surface area contributed by atoms with Gasteiger partial charge in [0.1, 0.15) is 11.6 Å². The molecule has 1 fully saturated rings. The van der Waals surface area contributed by atoms with Crippen LogP contribution >= 0.6 is 0 Å². The van der Waals surface area contributed by atoms with Crippen molar-refractivity contribution in [1.82, 2.24) is 5.32 Å². The molecule has 1 heterocycles. The van der Waals surface area contributed by atoms with E-state index >= 15 is 0 Å². The Morgan fingerprint density at radius 3 is 2.88 bits per heavy atom. The highest BCUT2D eigenvalue weighted by Crippen LogP contribution is 2.24. The van der Waals surface area contributed by atoms with E-state index in [0.717, 1.165) is 0 Å². The number of hydrogen-bond acceptors (Lipinski definition) is 5. The van der Waals surface area contributed by atoms with E-state index in [0.29, 0.717) is 13.0 Å². The second-order valence-corrected chi connectivity index (χ2v) is 4.09. The zero-order valence-electron chi connectivity index (χ0n) is 9.60. The Labute approximate surface area is 94.5 Å². The molecule has 0 aromatic heterocycles. The third kappa shape index (κ3) is 3.15. The number of hydrogen-bond donors (Lipinski definition) is 3. The first-order chi connectivity index (χ1) is 7.49. The van der Waals surface area contributed by atoms with Gasteiger partial charge in [0.2, 0.25) is 0 Å². The number of aliphatic carboxylic acids is 1. The highest BCUT2D eigenvalue weighted by molar-refractivity contribution is 5.73. The van der Waals surface area contributed by atoms with Gasteiger partial charge in [-0.25, -0.2) is 0 Å². The van der Waals surface area contributed by atoms with Gasteiger partial charge in [-0.05, 0) is 6.92 Å². The Balaban J connectivity index is 2.45. The van der Waals surface area contributed by atoms with Crippen molar-refractivity contribution in [3.05, 3.63) is 0 Å². The van der Waals surface area contributed by atoms with E-state index in [1.807, 2.05) is 0 Å². The van der Waals surface area contributed by atoms with Gasteiger partial charge in [-0.15, -0.1) is 0 Å². The van der Waals surface area contributed by atoms with Gasteiger partial charge < -0.3 is 19.7 Å². The van der Waals surface area contributed by atoms with E-state index in [-0.39, 0.29) is 19.3 Å². The first-order valence-electron chi connectivity index (χ1n) is 5.28. The molecule has 0 amide bonds. The number of nitrogens with one attached hydrogen (secondary N) is 1. The smallest absolute Gasteiger partial charge is 0.323 e. The van der Waals surface area contributed by atoms with E-state index in [2.05, 4.69) is 5.32 Å². The Kier molecular flexibility index (Phi) is 4.67. The highest BCUT2D eigenvalue weighted by atomic mass is 16.5. The van der Waals surface area contributed by atoms with Crippen LogP contribution in [0.2, 0.25) is 0 Å². The maximum Gasteiger partial charge on any atom is 0.323 e. The van der Waals surface area contributed by atoms with Crippen LogP contribution in [0.25, 0.3) is 0 Å². The third-order valence-electron chi connectivity index (χ3n) is 2.95. The van der Waals surface area contributed by atoms with Crippen LogP contribution in [-0.2, 0) is 14.3 Å². The summed E-state index contributed by atoms with van der Waals surface area (Å²) < 4.78 is 10.0. The van der Waals surface area contributed by atoms with Gasteiger partial charge >= 0.3 is 5.97 Å². The third-order valence-corrected chi connectivity index (χ3v) is 2.95. The predicted molar refractivity (Wildman–Crippen MR) is 56.3 cm³/mol. The molecule has 0 aromatic carbocycles. The molecule has 0 bridgehead atoms. The minimum absolute atomic E-state index is 0.0701. The summed E-state index contributed by atoms with van der Waals surface area (Å²) in [7, 11) is 1.44. The lowest BCUT2D eigenvalue weighted by atomic mass is 9.96. The van der Waals surface area contributed by atoms with E-state index in [1.54, 1.807) is 6.92 Å². The van der Waals surface area contributed by atoms with Gasteiger partial charge in [-0.2, -0.15) is 0 Å². The van der Waals surface area contributed by atoms with Crippen molar-refractivity contribution in [3.8, 4) is 0 Å². The van der Waals surface area contributed by atoms with Crippen LogP contribution in [0, 0.1) is 0 Å². The fourth-order valence-corrected chi connectivity index (χ4v) is 1.69. The highest BCUT2D eigenvalue weighted by Gasteiger charge is 2.40. The van der Waals surface area contributed by atoms with Crippen LogP contribution in [0.3, 0.4) is 0 Å². The molecule has 1 rings (SSSR count). The summed E-state index contributed by atoms with van der Waals surface area (Å²) in [6.45, 7) is 2.54. The summed E-state index contributed by atoms with van der Waals surface area (Å²) >= 11 is 0. The molecule has 3 unspecified atom stereocenters. The summed E-state index contributed by atoms with van der Waals surface area (Å²) in [5.41, 5.74) is -0.985. The number of carboxylic acid groups (broad SMARTS) is 1. The van der Waals surface area contributed by atoms with Crippen molar-refractivity contribution < 1.29 is 24.5 Å². The van der Waals surface area contributed by atoms with Gasteiger partial charge in [0.15, 0.2) is 0 Å². The maximum atomic E-state index is 10.8. The van der Waals surface area contributed by atoms with Crippen LogP contribution in [0.4, 0.5) is 0 Å². The molecule has 6 heteroatoms. The average Bonchev–Trinajstić information content (AvgIpc) is 2.54. The lowest BCUT2D eigenvalue weighted by molar-refractivity contribution is -0.141. The first kappa shape index (κ1) is 13.4. The van der Waals surface area contributed by atoms with E-state index in [9.17, 15) is 9.90 Å². The molecule has 3 atom stereocenters. The Hall–Kier alpha value is -0.690. The molecule has 0 aliphatic carbocycles. The molecule has 0 aromatic rings. The predicted octanol–water partition coefficient (Wildman–Crippen LogP) is -0.784. The van der Waals surface area contributed by atoms with Crippen molar-refractivity contribution in [1.29, 1.82) is 0 Å². The Morgan fingerprint density at radius 1 is 1.75 bits per heavy atom. The molecular formula is C10H19NO5. The fraction of sp³-hybridized carbons (Fsp3) is 0.900. The van der Waals surface area contributed by atoms with Crippen LogP contribution in [0.1, 0.15) is 13.3 Å². The van der Waals surface area contributed by atoms with Gasteiger partial charge in [0.05, 0.1) is 12.7 Å². The number of ether oxygens (including phenoxy) is 2. The molecule has 16 heavy (non-hydrogen) atoms. The molecular weight excluding hydrogens is 214 g/mol. The van der Waals surface area contributed by atoms with Crippen LogP contribution in [0.15, 0.2) is 0 Å². The van der Waals surface area contributed by atoms with Crippen LogP contribution in [-0.4, -0.2) is 60.8 Å².